The van der Waals surface area contributed by atoms with Crippen LogP contribution in [0.2, 0.25) is 0 Å². The Labute approximate surface area is 227 Å². The molecule has 2 aliphatic heterocycles. The highest BCUT2D eigenvalue weighted by Crippen LogP contribution is 2.45. The monoisotopic (exact) mass is 543 g/mol. The summed E-state index contributed by atoms with van der Waals surface area (Å²) in [7, 11) is 0. The molecule has 1 fully saturated rings. The van der Waals surface area contributed by atoms with Crippen LogP contribution in [0.25, 0.3) is 22.3 Å². The average Bonchev–Trinajstić information content (AvgIpc) is 3.44. The van der Waals surface area contributed by atoms with Crippen molar-refractivity contribution in [1.82, 2.24) is 14.9 Å². The Kier molecular flexibility index (Phi) is 6.63. The van der Waals surface area contributed by atoms with Crippen LogP contribution >= 0.6 is 23.1 Å². The Morgan fingerprint density at radius 2 is 1.89 bits per heavy atom. The van der Waals surface area contributed by atoms with Crippen LogP contribution in [-0.2, 0) is 16.0 Å². The molecule has 9 heteroatoms. The van der Waals surface area contributed by atoms with Crippen LogP contribution < -0.4 is 10.3 Å². The number of nitrogens with one attached hydrogen (secondary N) is 1. The summed E-state index contributed by atoms with van der Waals surface area (Å²) in [4.78, 5) is 48.5. The lowest BCUT2D eigenvalue weighted by molar-refractivity contribution is -0.154. The van der Waals surface area contributed by atoms with Crippen molar-refractivity contribution in [2.45, 2.75) is 31.2 Å². The number of para-hydroxylation sites is 2. The van der Waals surface area contributed by atoms with Crippen molar-refractivity contribution < 1.29 is 14.3 Å². The van der Waals surface area contributed by atoms with E-state index in [9.17, 15) is 14.4 Å². The number of aromatic nitrogens is 2. The largest absolute Gasteiger partial charge is 0.488 e. The third-order valence-corrected chi connectivity index (χ3v) is 9.20. The van der Waals surface area contributed by atoms with Gasteiger partial charge in [-0.1, -0.05) is 30.3 Å². The van der Waals surface area contributed by atoms with Gasteiger partial charge in [-0.25, -0.2) is 4.98 Å². The van der Waals surface area contributed by atoms with Gasteiger partial charge in [0, 0.05) is 17.7 Å². The molecule has 1 amide bonds. The molecule has 0 bridgehead atoms. The lowest BCUT2D eigenvalue weighted by atomic mass is 9.88. The molecule has 2 aromatic heterocycles. The van der Waals surface area contributed by atoms with Crippen molar-refractivity contribution in [2.75, 3.05) is 6.61 Å². The summed E-state index contributed by atoms with van der Waals surface area (Å²) in [5.74, 6) is 0.896. The molecule has 2 aliphatic rings. The number of amides is 1. The third kappa shape index (κ3) is 4.56. The molecule has 4 heterocycles. The number of H-pyrrole nitrogens is 1. The van der Waals surface area contributed by atoms with Crippen LogP contribution in [0.3, 0.4) is 0 Å². The molecule has 192 valence electrons. The van der Waals surface area contributed by atoms with Crippen LogP contribution in [0.5, 0.6) is 5.75 Å². The van der Waals surface area contributed by atoms with Gasteiger partial charge >= 0.3 is 0 Å². The fourth-order valence-corrected chi connectivity index (χ4v) is 7.12. The number of thiophene rings is 1. The van der Waals surface area contributed by atoms with Gasteiger partial charge in [0.25, 0.3) is 5.56 Å². The topological polar surface area (TPSA) is 92.4 Å². The molecular formula is C29H25N3O4S2. The first-order chi connectivity index (χ1) is 18.5. The van der Waals surface area contributed by atoms with Gasteiger partial charge < -0.3 is 14.6 Å². The van der Waals surface area contributed by atoms with Gasteiger partial charge in [-0.15, -0.1) is 23.1 Å². The van der Waals surface area contributed by atoms with E-state index in [2.05, 4.69) is 15.4 Å². The number of hydrogen-bond donors (Lipinski definition) is 1. The normalized spacial score (nSPS) is 20.6. The van der Waals surface area contributed by atoms with Gasteiger partial charge in [-0.3, -0.25) is 14.4 Å². The van der Waals surface area contributed by atoms with E-state index in [1.165, 1.54) is 0 Å². The molecule has 0 spiro atoms. The van der Waals surface area contributed by atoms with Crippen molar-refractivity contribution in [1.29, 1.82) is 0 Å². The summed E-state index contributed by atoms with van der Waals surface area (Å²) in [6, 6.07) is 18.4. The highest BCUT2D eigenvalue weighted by Gasteiger charge is 2.52. The highest BCUT2D eigenvalue weighted by atomic mass is 32.2. The van der Waals surface area contributed by atoms with E-state index in [0.29, 0.717) is 41.1 Å². The number of nitrogens with zero attached hydrogens (tertiary/aromatic N) is 2. The second-order valence-corrected chi connectivity index (χ2v) is 11.5. The van der Waals surface area contributed by atoms with Gasteiger partial charge in [0.1, 0.15) is 24.0 Å². The number of rotatable bonds is 8. The first-order valence-electron chi connectivity index (χ1n) is 12.4. The third-order valence-electron chi connectivity index (χ3n) is 7.05. The number of aromatic amines is 1. The quantitative estimate of drug-likeness (QED) is 0.313. The maximum absolute atomic E-state index is 13.0. The van der Waals surface area contributed by atoms with Gasteiger partial charge in [0.15, 0.2) is 0 Å². The fourth-order valence-electron chi connectivity index (χ4n) is 4.99. The summed E-state index contributed by atoms with van der Waals surface area (Å²) in [5, 5.41) is 4.54. The Balaban J connectivity index is 1.15. The molecule has 6 rings (SSSR count). The molecule has 0 radical (unpaired) electrons. The van der Waals surface area contributed by atoms with Crippen molar-refractivity contribution >= 4 is 45.7 Å². The minimum Gasteiger partial charge on any atom is -0.488 e. The van der Waals surface area contributed by atoms with E-state index in [0.717, 1.165) is 10.5 Å². The summed E-state index contributed by atoms with van der Waals surface area (Å²) in [6.45, 7) is 2.29. The minimum atomic E-state index is -0.273. The van der Waals surface area contributed by atoms with Gasteiger partial charge in [0.2, 0.25) is 5.91 Å². The van der Waals surface area contributed by atoms with E-state index in [4.69, 9.17) is 4.74 Å². The molecule has 3 atom stereocenters. The Hall–Kier alpha value is -3.69. The summed E-state index contributed by atoms with van der Waals surface area (Å²) in [6.07, 6.45) is 0.668. The molecular weight excluding hydrogens is 518 g/mol. The lowest BCUT2D eigenvalue weighted by Gasteiger charge is -2.52. The number of thioether (sulfide) groups is 1. The van der Waals surface area contributed by atoms with E-state index >= 15 is 0 Å². The number of hydrogen-bond acceptors (Lipinski definition) is 7. The zero-order valence-electron chi connectivity index (χ0n) is 20.6. The molecule has 4 aromatic rings. The number of ether oxygens (including phenoxy) is 1. The number of β-lactam (4-membered cyclic amide) rings is 1. The Morgan fingerprint density at radius 1 is 1.08 bits per heavy atom. The maximum atomic E-state index is 13.0. The molecule has 3 unspecified atom stereocenters. The number of carbonyl (C=O) groups excluding carboxylic acids is 2. The van der Waals surface area contributed by atoms with Gasteiger partial charge in [-0.2, -0.15) is 0 Å². The summed E-state index contributed by atoms with van der Waals surface area (Å²) >= 11 is 3.15. The van der Waals surface area contributed by atoms with E-state index < -0.39 is 0 Å². The molecule has 0 saturated carbocycles. The smallest absolute Gasteiger partial charge is 0.259 e. The van der Waals surface area contributed by atoms with Crippen LogP contribution in [-0.4, -0.2) is 44.6 Å². The zero-order chi connectivity index (χ0) is 26.2. The van der Waals surface area contributed by atoms with Crippen LogP contribution in [0, 0.1) is 5.92 Å². The summed E-state index contributed by atoms with van der Waals surface area (Å²) in [5.41, 5.74) is 2.09. The molecule has 38 heavy (non-hydrogen) atoms. The predicted molar refractivity (Wildman–Crippen MR) is 150 cm³/mol. The SMILES string of the molecule is CC1C(COc2ccccc2-c2nc3ccccc3c(=O)[nH]2)=CSC2C(CC(=O)Cc3cccs3)C(=O)N12. The van der Waals surface area contributed by atoms with Crippen molar-refractivity contribution in [3.63, 3.8) is 0 Å². The Morgan fingerprint density at radius 3 is 2.74 bits per heavy atom. The fraction of sp³-hybridized carbons (Fsp3) is 0.241. The molecule has 0 aliphatic carbocycles. The van der Waals surface area contributed by atoms with Crippen molar-refractivity contribution in [3.05, 3.63) is 92.3 Å². The molecule has 1 saturated heterocycles. The van der Waals surface area contributed by atoms with Gasteiger partial charge in [-0.05, 0) is 53.6 Å². The first-order valence-corrected chi connectivity index (χ1v) is 14.2. The van der Waals surface area contributed by atoms with Crippen LogP contribution in [0.1, 0.15) is 18.2 Å². The standard InChI is InChI=1S/C29H25N3O4S2/c1-17-18(16-38-29-23(28(35)32(17)29)14-19(33)13-20-7-6-12-37-20)15-36-25-11-5-3-9-22(25)26-30-24-10-4-2-8-21(24)27(34)31-26/h2-12,16-17,23,29H,13-15H2,1H3,(H,30,31,34). The van der Waals surface area contributed by atoms with Gasteiger partial charge in [0.05, 0.1) is 33.8 Å². The molecule has 1 N–H and O–H groups in total. The van der Waals surface area contributed by atoms with Crippen LogP contribution in [0.4, 0.5) is 0 Å². The predicted octanol–water partition coefficient (Wildman–Crippen LogP) is 5.04. The number of Topliss-reactive ketones (excluding diaryl/α,β-unsaturated/α-hetero) is 1. The Bertz CT molecular complexity index is 1610. The second-order valence-electron chi connectivity index (χ2n) is 9.46. The maximum Gasteiger partial charge on any atom is 0.259 e. The highest BCUT2D eigenvalue weighted by molar-refractivity contribution is 8.02. The van der Waals surface area contributed by atoms with Crippen molar-refractivity contribution in [3.8, 4) is 17.1 Å². The minimum absolute atomic E-state index is 0.0207. The van der Waals surface area contributed by atoms with E-state index in [-0.39, 0.29) is 41.0 Å². The molecule has 7 nitrogen and oxygen atoms in total. The second kappa shape index (κ2) is 10.2. The number of ketones is 1. The van der Waals surface area contributed by atoms with Crippen LogP contribution in [0.15, 0.2) is 81.8 Å². The van der Waals surface area contributed by atoms with E-state index in [1.807, 2.05) is 71.8 Å². The summed E-state index contributed by atoms with van der Waals surface area (Å²) < 4.78 is 6.21. The molecule has 2 aromatic carbocycles. The lowest BCUT2D eigenvalue weighted by Crippen LogP contribution is -2.64. The first kappa shape index (κ1) is 24.6. The number of carbonyl (C=O) groups is 2. The number of fused-ring (bicyclic) bond motifs is 2. The zero-order valence-corrected chi connectivity index (χ0v) is 22.3. The number of benzene rings is 2. The van der Waals surface area contributed by atoms with E-state index in [1.54, 1.807) is 29.2 Å². The average molecular weight is 544 g/mol. The van der Waals surface area contributed by atoms with Crippen molar-refractivity contribution in [2.24, 2.45) is 5.92 Å².